The molecule has 0 radical (unpaired) electrons. The maximum absolute atomic E-state index is 11.2. The highest BCUT2D eigenvalue weighted by Gasteiger charge is 2.30. The largest absolute Gasteiger partial charge is 0.480 e. The van der Waals surface area contributed by atoms with Crippen LogP contribution in [-0.2, 0) is 11.3 Å². The van der Waals surface area contributed by atoms with Gasteiger partial charge in [-0.1, -0.05) is 24.3 Å². The normalized spacial score (nSPS) is 19.9. The van der Waals surface area contributed by atoms with Crippen molar-refractivity contribution in [3.63, 3.8) is 0 Å². The first-order valence-electron chi connectivity index (χ1n) is 6.55. The van der Waals surface area contributed by atoms with Gasteiger partial charge in [0.15, 0.2) is 0 Å². The van der Waals surface area contributed by atoms with Crippen LogP contribution in [0.25, 0.3) is 10.9 Å². The van der Waals surface area contributed by atoms with Crippen molar-refractivity contribution < 1.29 is 9.90 Å². The highest BCUT2D eigenvalue weighted by atomic mass is 16.4. The van der Waals surface area contributed by atoms with E-state index in [1.807, 2.05) is 35.2 Å². The van der Waals surface area contributed by atoms with Crippen LogP contribution in [0.15, 0.2) is 36.5 Å². The molecule has 1 aromatic carbocycles. The van der Waals surface area contributed by atoms with E-state index in [1.54, 1.807) is 6.20 Å². The van der Waals surface area contributed by atoms with Gasteiger partial charge in [-0.3, -0.25) is 14.7 Å². The van der Waals surface area contributed by atoms with Crippen molar-refractivity contribution in [1.82, 2.24) is 9.88 Å². The Bertz CT molecular complexity index is 607. The number of aromatic nitrogens is 1. The van der Waals surface area contributed by atoms with E-state index < -0.39 is 5.97 Å². The van der Waals surface area contributed by atoms with E-state index in [1.165, 1.54) is 0 Å². The minimum Gasteiger partial charge on any atom is -0.480 e. The van der Waals surface area contributed by atoms with E-state index >= 15 is 0 Å². The molecule has 19 heavy (non-hydrogen) atoms. The van der Waals surface area contributed by atoms with Crippen molar-refractivity contribution >= 4 is 16.9 Å². The molecule has 0 spiro atoms. The molecule has 1 aromatic heterocycles. The van der Waals surface area contributed by atoms with E-state index in [0.29, 0.717) is 6.54 Å². The Morgan fingerprint density at radius 3 is 3.05 bits per heavy atom. The van der Waals surface area contributed by atoms with Crippen LogP contribution >= 0.6 is 0 Å². The molecule has 1 aliphatic rings. The molecule has 1 aliphatic heterocycles. The number of fused-ring (bicyclic) bond motifs is 1. The molecule has 0 aliphatic carbocycles. The zero-order chi connectivity index (χ0) is 13.2. The fraction of sp³-hybridized carbons (Fsp3) is 0.333. The molecular weight excluding hydrogens is 240 g/mol. The molecule has 2 heterocycles. The number of hydrogen-bond acceptors (Lipinski definition) is 3. The zero-order valence-electron chi connectivity index (χ0n) is 10.6. The first-order chi connectivity index (χ1) is 9.25. The number of nitrogens with zero attached hydrogens (tertiary/aromatic N) is 2. The number of carboxylic acids is 1. The standard InChI is InChI=1S/C15H16N2O2/c18-15(19)13-7-3-9-17(13)10-12-5-1-4-11-6-2-8-16-14(11)12/h1-2,4-6,8,13H,3,7,9-10H2,(H,18,19)/t13-/m1/s1. The number of carboxylic acid groups (broad SMARTS) is 1. The summed E-state index contributed by atoms with van der Waals surface area (Å²) in [6, 6.07) is 9.67. The van der Waals surface area contributed by atoms with Crippen LogP contribution in [0.4, 0.5) is 0 Å². The van der Waals surface area contributed by atoms with Crippen LogP contribution < -0.4 is 0 Å². The second-order valence-corrected chi connectivity index (χ2v) is 4.96. The topological polar surface area (TPSA) is 53.4 Å². The van der Waals surface area contributed by atoms with Crippen molar-refractivity contribution in [2.45, 2.75) is 25.4 Å². The molecule has 1 saturated heterocycles. The number of likely N-dealkylation sites (tertiary alicyclic amines) is 1. The van der Waals surface area contributed by atoms with Crippen LogP contribution in [0.3, 0.4) is 0 Å². The number of pyridine rings is 1. The smallest absolute Gasteiger partial charge is 0.320 e. The summed E-state index contributed by atoms with van der Waals surface area (Å²) in [5, 5.41) is 10.3. The first kappa shape index (κ1) is 12.1. The lowest BCUT2D eigenvalue weighted by Gasteiger charge is -2.21. The minimum atomic E-state index is -0.717. The Morgan fingerprint density at radius 1 is 1.37 bits per heavy atom. The molecule has 4 nitrogen and oxygen atoms in total. The van der Waals surface area contributed by atoms with Gasteiger partial charge in [-0.2, -0.15) is 0 Å². The fourth-order valence-electron chi connectivity index (χ4n) is 2.81. The summed E-state index contributed by atoms with van der Waals surface area (Å²) in [4.78, 5) is 17.7. The number of benzene rings is 1. The van der Waals surface area contributed by atoms with Crippen LogP contribution in [0.5, 0.6) is 0 Å². The molecule has 0 amide bonds. The lowest BCUT2D eigenvalue weighted by Crippen LogP contribution is -2.35. The second kappa shape index (κ2) is 4.97. The van der Waals surface area contributed by atoms with E-state index in [2.05, 4.69) is 4.98 Å². The third-order valence-electron chi connectivity index (χ3n) is 3.74. The Morgan fingerprint density at radius 2 is 2.21 bits per heavy atom. The molecule has 1 atom stereocenters. The van der Waals surface area contributed by atoms with Gasteiger partial charge in [0.2, 0.25) is 0 Å². The summed E-state index contributed by atoms with van der Waals surface area (Å²) < 4.78 is 0. The van der Waals surface area contributed by atoms with Crippen LogP contribution in [0.2, 0.25) is 0 Å². The van der Waals surface area contributed by atoms with Gasteiger partial charge in [-0.25, -0.2) is 0 Å². The van der Waals surface area contributed by atoms with Gasteiger partial charge in [0.25, 0.3) is 0 Å². The maximum Gasteiger partial charge on any atom is 0.320 e. The van der Waals surface area contributed by atoms with Gasteiger partial charge in [-0.05, 0) is 31.0 Å². The molecule has 1 fully saturated rings. The predicted octanol–water partition coefficient (Wildman–Crippen LogP) is 2.28. The van der Waals surface area contributed by atoms with Gasteiger partial charge in [0.05, 0.1) is 5.52 Å². The van der Waals surface area contributed by atoms with Crippen LogP contribution in [0.1, 0.15) is 18.4 Å². The number of aliphatic carboxylic acids is 1. The third kappa shape index (κ3) is 2.31. The molecule has 3 rings (SSSR count). The number of para-hydroxylation sites is 1. The highest BCUT2D eigenvalue weighted by molar-refractivity contribution is 5.81. The lowest BCUT2D eigenvalue weighted by molar-refractivity contribution is -0.142. The van der Waals surface area contributed by atoms with Gasteiger partial charge in [0.1, 0.15) is 6.04 Å². The Balaban J connectivity index is 1.91. The first-order valence-corrected chi connectivity index (χ1v) is 6.55. The summed E-state index contributed by atoms with van der Waals surface area (Å²) in [5.74, 6) is -0.717. The van der Waals surface area contributed by atoms with Gasteiger partial charge >= 0.3 is 5.97 Å². The van der Waals surface area contributed by atoms with Gasteiger partial charge < -0.3 is 5.11 Å². The van der Waals surface area contributed by atoms with E-state index in [0.717, 1.165) is 35.9 Å². The van der Waals surface area contributed by atoms with Crippen molar-refractivity contribution in [2.24, 2.45) is 0 Å². The summed E-state index contributed by atoms with van der Waals surface area (Å²) in [5.41, 5.74) is 2.08. The maximum atomic E-state index is 11.2. The molecule has 0 unspecified atom stereocenters. The molecule has 0 bridgehead atoms. The third-order valence-corrected chi connectivity index (χ3v) is 3.74. The highest BCUT2D eigenvalue weighted by Crippen LogP contribution is 2.23. The summed E-state index contributed by atoms with van der Waals surface area (Å²) in [7, 11) is 0. The molecular formula is C15H16N2O2. The number of hydrogen-bond donors (Lipinski definition) is 1. The van der Waals surface area contributed by atoms with Crippen molar-refractivity contribution in [3.8, 4) is 0 Å². The van der Waals surface area contributed by atoms with Crippen LogP contribution in [-0.4, -0.2) is 33.5 Å². The van der Waals surface area contributed by atoms with E-state index in [4.69, 9.17) is 0 Å². The van der Waals surface area contributed by atoms with Crippen molar-refractivity contribution in [2.75, 3.05) is 6.54 Å². The molecule has 4 heteroatoms. The van der Waals surface area contributed by atoms with E-state index in [9.17, 15) is 9.90 Å². The average Bonchev–Trinajstić information content (AvgIpc) is 2.87. The minimum absolute atomic E-state index is 0.348. The summed E-state index contributed by atoms with van der Waals surface area (Å²) in [6.45, 7) is 1.51. The SMILES string of the molecule is O=C(O)[C@H]1CCCN1Cc1cccc2cccnc12. The van der Waals surface area contributed by atoms with Crippen molar-refractivity contribution in [1.29, 1.82) is 0 Å². The molecule has 0 saturated carbocycles. The predicted molar refractivity (Wildman–Crippen MR) is 72.8 cm³/mol. The monoisotopic (exact) mass is 256 g/mol. The second-order valence-electron chi connectivity index (χ2n) is 4.96. The Labute approximate surface area is 111 Å². The van der Waals surface area contributed by atoms with E-state index in [-0.39, 0.29) is 6.04 Å². The fourth-order valence-corrected chi connectivity index (χ4v) is 2.81. The quantitative estimate of drug-likeness (QED) is 0.915. The summed E-state index contributed by atoms with van der Waals surface area (Å²) >= 11 is 0. The summed E-state index contributed by atoms with van der Waals surface area (Å²) in [6.07, 6.45) is 3.48. The molecule has 2 aromatic rings. The molecule has 98 valence electrons. The van der Waals surface area contributed by atoms with Crippen LogP contribution in [0, 0.1) is 0 Å². The van der Waals surface area contributed by atoms with Gasteiger partial charge in [-0.15, -0.1) is 0 Å². The molecule has 1 N–H and O–H groups in total. The Kier molecular flexibility index (Phi) is 3.17. The zero-order valence-corrected chi connectivity index (χ0v) is 10.6. The number of rotatable bonds is 3. The average molecular weight is 256 g/mol. The number of carbonyl (C=O) groups is 1. The lowest BCUT2D eigenvalue weighted by atomic mass is 10.1. The van der Waals surface area contributed by atoms with Crippen molar-refractivity contribution in [3.05, 3.63) is 42.1 Å². The van der Waals surface area contributed by atoms with Gasteiger partial charge in [0, 0.05) is 18.1 Å². The Hall–Kier alpha value is -1.94.